The molecular weight excluding hydrogens is 352 g/mol. The van der Waals surface area contributed by atoms with Crippen LogP contribution in [0.4, 0.5) is 0 Å². The zero-order valence-electron chi connectivity index (χ0n) is 15.1. The van der Waals surface area contributed by atoms with Crippen LogP contribution < -0.4 is 9.47 Å². The molecule has 0 heterocycles. The SMILES string of the molecule is C=CC(=O)Oc1ccc(/C=C/c2cccc3c(OC(=O)C=C)cccc23)cc1. The molecule has 0 spiro atoms. The summed E-state index contributed by atoms with van der Waals surface area (Å²) in [5, 5.41) is 1.80. The minimum atomic E-state index is -0.495. The van der Waals surface area contributed by atoms with Crippen molar-refractivity contribution in [3.05, 3.63) is 97.1 Å². The Hall–Kier alpha value is -3.92. The van der Waals surface area contributed by atoms with Gasteiger partial charge in [-0.05, 0) is 34.7 Å². The van der Waals surface area contributed by atoms with Crippen LogP contribution in [0.1, 0.15) is 11.1 Å². The highest BCUT2D eigenvalue weighted by Gasteiger charge is 2.07. The van der Waals surface area contributed by atoms with Crippen LogP contribution in [0.5, 0.6) is 11.5 Å². The van der Waals surface area contributed by atoms with Gasteiger partial charge in [0.1, 0.15) is 11.5 Å². The fourth-order valence-corrected chi connectivity index (χ4v) is 2.68. The van der Waals surface area contributed by atoms with Crippen LogP contribution >= 0.6 is 0 Å². The molecule has 4 heteroatoms. The van der Waals surface area contributed by atoms with Crippen LogP contribution in [-0.4, -0.2) is 11.9 Å². The Morgan fingerprint density at radius 3 is 2.07 bits per heavy atom. The molecule has 3 aromatic rings. The maximum atomic E-state index is 11.5. The minimum absolute atomic E-state index is 0.459. The number of benzene rings is 3. The minimum Gasteiger partial charge on any atom is -0.423 e. The molecule has 0 atom stereocenters. The lowest BCUT2D eigenvalue weighted by Crippen LogP contribution is -2.03. The first-order chi connectivity index (χ1) is 13.6. The summed E-state index contributed by atoms with van der Waals surface area (Å²) in [5.74, 6) is -0.0374. The van der Waals surface area contributed by atoms with E-state index in [1.54, 1.807) is 18.2 Å². The normalized spacial score (nSPS) is 10.6. The number of hydrogen-bond acceptors (Lipinski definition) is 4. The second-order valence-corrected chi connectivity index (χ2v) is 5.85. The summed E-state index contributed by atoms with van der Waals surface area (Å²) in [6.07, 6.45) is 6.19. The number of hydrogen-bond donors (Lipinski definition) is 0. The van der Waals surface area contributed by atoms with Crippen molar-refractivity contribution in [1.82, 2.24) is 0 Å². The summed E-state index contributed by atoms with van der Waals surface area (Å²) in [7, 11) is 0. The summed E-state index contributed by atoms with van der Waals surface area (Å²) in [6.45, 7) is 6.80. The second-order valence-electron chi connectivity index (χ2n) is 5.85. The van der Waals surface area contributed by atoms with E-state index in [1.165, 1.54) is 0 Å². The standard InChI is InChI=1S/C24H18O4/c1-3-23(25)27-19-15-12-17(13-16-19)11-14-18-7-5-9-21-20(18)8-6-10-22(21)28-24(26)4-2/h3-16H,1-2H2/b14-11+. The zero-order valence-corrected chi connectivity index (χ0v) is 15.1. The molecule has 0 saturated heterocycles. The molecular formula is C24H18O4. The molecule has 0 fully saturated rings. The average Bonchev–Trinajstić information content (AvgIpc) is 2.73. The van der Waals surface area contributed by atoms with Crippen molar-refractivity contribution < 1.29 is 19.1 Å². The van der Waals surface area contributed by atoms with E-state index < -0.39 is 11.9 Å². The Balaban J connectivity index is 1.87. The Morgan fingerprint density at radius 1 is 0.714 bits per heavy atom. The van der Waals surface area contributed by atoms with E-state index >= 15 is 0 Å². The van der Waals surface area contributed by atoms with Crippen molar-refractivity contribution in [1.29, 1.82) is 0 Å². The van der Waals surface area contributed by atoms with Gasteiger partial charge >= 0.3 is 11.9 Å². The number of rotatable bonds is 6. The van der Waals surface area contributed by atoms with Gasteiger partial charge in [0.15, 0.2) is 0 Å². The van der Waals surface area contributed by atoms with Crippen LogP contribution in [0.3, 0.4) is 0 Å². The smallest absolute Gasteiger partial charge is 0.335 e. The Labute approximate surface area is 163 Å². The lowest BCUT2D eigenvalue weighted by atomic mass is 10.0. The van der Waals surface area contributed by atoms with E-state index in [-0.39, 0.29) is 0 Å². The van der Waals surface area contributed by atoms with Crippen molar-refractivity contribution >= 4 is 34.9 Å². The Kier molecular flexibility index (Phi) is 5.82. The predicted molar refractivity (Wildman–Crippen MR) is 111 cm³/mol. The monoisotopic (exact) mass is 370 g/mol. The highest BCUT2D eigenvalue weighted by molar-refractivity contribution is 5.98. The molecule has 3 aromatic carbocycles. The van der Waals surface area contributed by atoms with Crippen LogP contribution in [0.2, 0.25) is 0 Å². The third-order valence-corrected chi connectivity index (χ3v) is 4.01. The van der Waals surface area contributed by atoms with Crippen LogP contribution in [0, 0.1) is 0 Å². The quantitative estimate of drug-likeness (QED) is 0.259. The zero-order chi connectivity index (χ0) is 19.9. The first-order valence-electron chi connectivity index (χ1n) is 8.59. The van der Waals surface area contributed by atoms with Gasteiger partial charge in [-0.1, -0.05) is 67.8 Å². The average molecular weight is 370 g/mol. The van der Waals surface area contributed by atoms with Gasteiger partial charge in [0.05, 0.1) is 0 Å². The van der Waals surface area contributed by atoms with E-state index in [9.17, 15) is 9.59 Å². The van der Waals surface area contributed by atoms with Crippen molar-refractivity contribution in [2.75, 3.05) is 0 Å². The number of ether oxygens (including phenoxy) is 2. The van der Waals surface area contributed by atoms with Gasteiger partial charge in [0.2, 0.25) is 0 Å². The van der Waals surface area contributed by atoms with Gasteiger partial charge < -0.3 is 9.47 Å². The van der Waals surface area contributed by atoms with E-state index in [1.807, 2.05) is 54.6 Å². The molecule has 0 aliphatic rings. The third-order valence-electron chi connectivity index (χ3n) is 4.01. The van der Waals surface area contributed by atoms with Crippen molar-refractivity contribution in [2.45, 2.75) is 0 Å². The van der Waals surface area contributed by atoms with Gasteiger partial charge in [-0.25, -0.2) is 9.59 Å². The van der Waals surface area contributed by atoms with Gasteiger partial charge in [-0.15, -0.1) is 0 Å². The van der Waals surface area contributed by atoms with Gasteiger partial charge in [-0.3, -0.25) is 0 Å². The summed E-state index contributed by atoms with van der Waals surface area (Å²) in [4.78, 5) is 22.8. The van der Waals surface area contributed by atoms with E-state index in [0.717, 1.165) is 34.1 Å². The molecule has 0 radical (unpaired) electrons. The van der Waals surface area contributed by atoms with Crippen molar-refractivity contribution in [3.63, 3.8) is 0 Å². The van der Waals surface area contributed by atoms with E-state index in [4.69, 9.17) is 9.47 Å². The Bertz CT molecular complexity index is 1080. The van der Waals surface area contributed by atoms with Crippen LogP contribution in [-0.2, 0) is 9.59 Å². The van der Waals surface area contributed by atoms with Gasteiger partial charge in [-0.2, -0.15) is 0 Å². The lowest BCUT2D eigenvalue weighted by molar-refractivity contribution is -0.129. The first kappa shape index (κ1) is 18.9. The van der Waals surface area contributed by atoms with Gasteiger partial charge in [0.25, 0.3) is 0 Å². The largest absolute Gasteiger partial charge is 0.423 e. The van der Waals surface area contributed by atoms with Crippen LogP contribution in [0.25, 0.3) is 22.9 Å². The molecule has 0 aromatic heterocycles. The van der Waals surface area contributed by atoms with Gasteiger partial charge in [0, 0.05) is 17.5 Å². The summed E-state index contributed by atoms with van der Waals surface area (Å²) >= 11 is 0. The highest BCUT2D eigenvalue weighted by atomic mass is 16.5. The molecule has 0 saturated carbocycles. The molecule has 0 aliphatic carbocycles. The molecule has 4 nitrogen and oxygen atoms in total. The predicted octanol–water partition coefficient (Wildman–Crippen LogP) is 5.19. The van der Waals surface area contributed by atoms with Crippen molar-refractivity contribution in [2.24, 2.45) is 0 Å². The number of carbonyl (C=O) groups is 2. The first-order valence-corrected chi connectivity index (χ1v) is 8.59. The highest BCUT2D eigenvalue weighted by Crippen LogP contribution is 2.29. The molecule has 0 unspecified atom stereocenters. The number of fused-ring (bicyclic) bond motifs is 1. The fourth-order valence-electron chi connectivity index (χ4n) is 2.68. The van der Waals surface area contributed by atoms with E-state index in [2.05, 4.69) is 13.2 Å². The molecule has 28 heavy (non-hydrogen) atoms. The number of carbonyl (C=O) groups excluding carboxylic acids is 2. The molecule has 3 rings (SSSR count). The molecule has 0 aliphatic heterocycles. The Morgan fingerprint density at radius 2 is 1.36 bits per heavy atom. The molecule has 0 amide bonds. The fraction of sp³-hybridized carbons (Fsp3) is 0. The summed E-state index contributed by atoms with van der Waals surface area (Å²) in [6, 6.07) is 18.5. The maximum Gasteiger partial charge on any atom is 0.335 e. The topological polar surface area (TPSA) is 52.6 Å². The molecule has 0 bridgehead atoms. The number of esters is 2. The van der Waals surface area contributed by atoms with Crippen LogP contribution in [0.15, 0.2) is 86.0 Å². The maximum absolute atomic E-state index is 11.5. The second kappa shape index (κ2) is 8.64. The molecule has 138 valence electrons. The summed E-state index contributed by atoms with van der Waals surface area (Å²) < 4.78 is 10.4. The lowest BCUT2D eigenvalue weighted by Gasteiger charge is -2.08. The third kappa shape index (κ3) is 4.43. The molecule has 0 N–H and O–H groups in total. The summed E-state index contributed by atoms with van der Waals surface area (Å²) in [5.41, 5.74) is 1.93. The van der Waals surface area contributed by atoms with E-state index in [0.29, 0.717) is 11.5 Å². The van der Waals surface area contributed by atoms with Crippen molar-refractivity contribution in [3.8, 4) is 11.5 Å².